The Morgan fingerprint density at radius 1 is 1.15 bits per heavy atom. The highest BCUT2D eigenvalue weighted by Crippen LogP contribution is 2.20. The number of benzene rings is 2. The van der Waals surface area contributed by atoms with Crippen LogP contribution in [0.4, 0.5) is 5.69 Å². The van der Waals surface area contributed by atoms with E-state index in [9.17, 15) is 9.70 Å². The number of halogens is 1. The van der Waals surface area contributed by atoms with E-state index in [-0.39, 0.29) is 5.78 Å². The Morgan fingerprint density at radius 2 is 1.80 bits per heavy atom. The van der Waals surface area contributed by atoms with Gasteiger partial charge < -0.3 is 0 Å². The second-order valence-corrected chi connectivity index (χ2v) is 5.71. The molecule has 20 heavy (non-hydrogen) atoms. The van der Waals surface area contributed by atoms with Crippen molar-refractivity contribution in [3.63, 3.8) is 0 Å². The first-order valence-corrected chi connectivity index (χ1v) is 7.26. The summed E-state index contributed by atoms with van der Waals surface area (Å²) in [4.78, 5) is 23.2. The zero-order valence-corrected chi connectivity index (χ0v) is 12.4. The van der Waals surface area contributed by atoms with E-state index in [0.29, 0.717) is 21.8 Å². The zero-order valence-electron chi connectivity index (χ0n) is 10.7. The fraction of sp³-hybridized carbons (Fsp3) is 0.0667. The monoisotopic (exact) mass is 303 g/mol. The Bertz CT molecular complexity index is 681. The molecule has 0 aliphatic carbocycles. The highest BCUT2D eigenvalue weighted by molar-refractivity contribution is 7.47. The number of carbonyl (C=O) groups is 1. The SMILES string of the molecule is CC=Pc1ccc(C(=O)c2ccc(Cl)cc2)cc1N=O. The maximum absolute atomic E-state index is 12.3. The molecular formula is C15H11ClNO2P. The molecule has 0 aliphatic rings. The molecule has 0 aromatic heterocycles. The molecule has 0 saturated heterocycles. The van der Waals surface area contributed by atoms with Gasteiger partial charge in [-0.25, -0.2) is 0 Å². The van der Waals surface area contributed by atoms with Crippen molar-refractivity contribution in [3.8, 4) is 0 Å². The molecule has 2 rings (SSSR count). The van der Waals surface area contributed by atoms with E-state index in [1.54, 1.807) is 36.4 Å². The number of nitroso groups, excluding NO2 is 1. The predicted octanol–water partition coefficient (Wildman–Crippen LogP) is 4.36. The number of carbonyl (C=O) groups excluding carboxylic acids is 1. The normalized spacial score (nSPS) is 10.7. The van der Waals surface area contributed by atoms with Crippen molar-refractivity contribution in [2.45, 2.75) is 6.92 Å². The zero-order chi connectivity index (χ0) is 14.5. The van der Waals surface area contributed by atoms with Gasteiger partial charge in [-0.1, -0.05) is 25.6 Å². The minimum atomic E-state index is -0.157. The van der Waals surface area contributed by atoms with Crippen molar-refractivity contribution in [2.75, 3.05) is 0 Å². The summed E-state index contributed by atoms with van der Waals surface area (Å²) in [6.07, 6.45) is 0. The van der Waals surface area contributed by atoms with Crippen LogP contribution in [0, 0.1) is 4.91 Å². The summed E-state index contributed by atoms with van der Waals surface area (Å²) < 4.78 is 0. The van der Waals surface area contributed by atoms with Gasteiger partial charge in [-0.15, -0.1) is 4.91 Å². The molecule has 0 spiro atoms. The van der Waals surface area contributed by atoms with Crippen LogP contribution in [-0.4, -0.2) is 11.6 Å². The van der Waals surface area contributed by atoms with Crippen LogP contribution >= 0.6 is 19.8 Å². The van der Waals surface area contributed by atoms with Crippen LogP contribution in [0.5, 0.6) is 0 Å². The van der Waals surface area contributed by atoms with Crippen molar-refractivity contribution in [3.05, 3.63) is 63.5 Å². The van der Waals surface area contributed by atoms with Gasteiger partial charge in [0.15, 0.2) is 5.78 Å². The molecule has 0 bridgehead atoms. The summed E-state index contributed by atoms with van der Waals surface area (Å²) in [5.74, 6) is 1.75. The van der Waals surface area contributed by atoms with Crippen molar-refractivity contribution in [2.24, 2.45) is 5.18 Å². The van der Waals surface area contributed by atoms with Gasteiger partial charge in [-0.2, -0.15) is 0 Å². The van der Waals surface area contributed by atoms with E-state index >= 15 is 0 Å². The van der Waals surface area contributed by atoms with Gasteiger partial charge >= 0.3 is 0 Å². The topological polar surface area (TPSA) is 46.5 Å². The number of hydrogen-bond acceptors (Lipinski definition) is 3. The molecule has 0 fully saturated rings. The second-order valence-electron chi connectivity index (χ2n) is 4.02. The van der Waals surface area contributed by atoms with Crippen molar-refractivity contribution in [1.82, 2.24) is 0 Å². The lowest BCUT2D eigenvalue weighted by atomic mass is 10.0. The Kier molecular flexibility index (Phi) is 4.78. The standard InChI is InChI=1S/C15H11ClNO2P/c1-2-20-14-8-5-11(9-13(14)17-19)15(18)10-3-6-12(16)7-4-10/h2-9H,1H3. The van der Waals surface area contributed by atoms with E-state index < -0.39 is 0 Å². The number of rotatable bonds is 4. The number of ketones is 1. The molecule has 0 amide bonds. The third-order valence-electron chi connectivity index (χ3n) is 2.71. The van der Waals surface area contributed by atoms with Crippen LogP contribution in [0.1, 0.15) is 22.8 Å². The molecule has 0 N–H and O–H groups in total. The number of nitrogens with zero attached hydrogens (tertiary/aromatic N) is 1. The molecule has 0 heterocycles. The lowest BCUT2D eigenvalue weighted by Crippen LogP contribution is -2.03. The third kappa shape index (κ3) is 3.19. The molecular weight excluding hydrogens is 293 g/mol. The van der Waals surface area contributed by atoms with Crippen LogP contribution in [0.25, 0.3) is 0 Å². The van der Waals surface area contributed by atoms with Crippen molar-refractivity contribution in [1.29, 1.82) is 0 Å². The van der Waals surface area contributed by atoms with Crippen molar-refractivity contribution < 1.29 is 4.79 Å². The maximum Gasteiger partial charge on any atom is 0.193 e. The first-order chi connectivity index (χ1) is 9.65. The Hall–Kier alpha value is -1.83. The highest BCUT2D eigenvalue weighted by Gasteiger charge is 2.11. The van der Waals surface area contributed by atoms with Crippen LogP contribution in [0.15, 0.2) is 47.6 Å². The van der Waals surface area contributed by atoms with Gasteiger partial charge in [0, 0.05) is 21.5 Å². The summed E-state index contributed by atoms with van der Waals surface area (Å²) in [5.41, 5.74) is 1.26. The summed E-state index contributed by atoms with van der Waals surface area (Å²) in [7, 11) is 0.899. The van der Waals surface area contributed by atoms with E-state index in [1.807, 2.05) is 12.7 Å². The fourth-order valence-corrected chi connectivity index (χ4v) is 2.56. The van der Waals surface area contributed by atoms with Crippen LogP contribution < -0.4 is 5.30 Å². The van der Waals surface area contributed by atoms with Gasteiger partial charge in [-0.3, -0.25) is 4.79 Å². The minimum Gasteiger partial charge on any atom is -0.289 e. The van der Waals surface area contributed by atoms with E-state index in [0.717, 1.165) is 13.5 Å². The highest BCUT2D eigenvalue weighted by atomic mass is 35.5. The Morgan fingerprint density at radius 3 is 2.40 bits per heavy atom. The smallest absolute Gasteiger partial charge is 0.193 e. The van der Waals surface area contributed by atoms with Crippen molar-refractivity contribution >= 4 is 42.4 Å². The first-order valence-electron chi connectivity index (χ1n) is 5.92. The quantitative estimate of drug-likeness (QED) is 0.478. The molecule has 0 atom stereocenters. The molecule has 0 unspecified atom stereocenters. The largest absolute Gasteiger partial charge is 0.289 e. The second kappa shape index (κ2) is 6.56. The first kappa shape index (κ1) is 14.6. The summed E-state index contributed by atoms with van der Waals surface area (Å²) in [6, 6.07) is 11.6. The van der Waals surface area contributed by atoms with E-state index in [4.69, 9.17) is 11.6 Å². The van der Waals surface area contributed by atoms with Crippen LogP contribution in [0.2, 0.25) is 5.02 Å². The van der Waals surface area contributed by atoms with E-state index in [2.05, 4.69) is 5.18 Å². The summed E-state index contributed by atoms with van der Waals surface area (Å²) in [5, 5.41) is 4.35. The molecule has 0 radical (unpaired) electrons. The lowest BCUT2D eigenvalue weighted by Gasteiger charge is -2.04. The maximum atomic E-state index is 12.3. The lowest BCUT2D eigenvalue weighted by molar-refractivity contribution is 0.103. The van der Waals surface area contributed by atoms with E-state index in [1.165, 1.54) is 6.07 Å². The number of hydrogen-bond donors (Lipinski definition) is 0. The summed E-state index contributed by atoms with van der Waals surface area (Å²) >= 11 is 5.79. The predicted molar refractivity (Wildman–Crippen MR) is 85.1 cm³/mol. The average Bonchev–Trinajstić information content (AvgIpc) is 2.48. The minimum absolute atomic E-state index is 0.157. The molecule has 0 aliphatic heterocycles. The van der Waals surface area contributed by atoms with Gasteiger partial charge in [0.1, 0.15) is 5.69 Å². The average molecular weight is 304 g/mol. The van der Waals surface area contributed by atoms with Crippen LogP contribution in [-0.2, 0) is 0 Å². The Balaban J connectivity index is 2.40. The fourth-order valence-electron chi connectivity index (χ4n) is 1.75. The molecule has 5 heteroatoms. The van der Waals surface area contributed by atoms with Gasteiger partial charge in [0.2, 0.25) is 0 Å². The molecule has 2 aromatic carbocycles. The van der Waals surface area contributed by atoms with Gasteiger partial charge in [0.05, 0.1) is 0 Å². The molecule has 0 saturated carbocycles. The molecule has 100 valence electrons. The summed E-state index contributed by atoms with van der Waals surface area (Å²) in [6.45, 7) is 1.89. The van der Waals surface area contributed by atoms with Crippen LogP contribution in [0.3, 0.4) is 0 Å². The Labute approximate surface area is 123 Å². The van der Waals surface area contributed by atoms with Gasteiger partial charge in [-0.05, 0) is 54.6 Å². The molecule has 3 nitrogen and oxygen atoms in total. The third-order valence-corrected chi connectivity index (χ3v) is 3.88. The molecule has 2 aromatic rings. The van der Waals surface area contributed by atoms with Gasteiger partial charge in [0.25, 0.3) is 0 Å².